The fourth-order valence-corrected chi connectivity index (χ4v) is 4.58. The molecule has 0 unspecified atom stereocenters. The van der Waals surface area contributed by atoms with Gasteiger partial charge < -0.3 is 14.8 Å². The van der Waals surface area contributed by atoms with Crippen LogP contribution in [0.3, 0.4) is 0 Å². The molecule has 0 saturated carbocycles. The molecule has 0 radical (unpaired) electrons. The van der Waals surface area contributed by atoms with Crippen molar-refractivity contribution in [3.05, 3.63) is 83.4 Å². The predicted octanol–water partition coefficient (Wildman–Crippen LogP) is 4.71. The molecule has 0 aromatic heterocycles. The number of esters is 1. The van der Waals surface area contributed by atoms with Crippen LogP contribution in [0.4, 0.5) is 11.4 Å². The number of para-hydroxylation sites is 1. The first-order valence-electron chi connectivity index (χ1n) is 10.1. The summed E-state index contributed by atoms with van der Waals surface area (Å²) < 4.78 is 36.6. The second-order valence-electron chi connectivity index (χ2n) is 7.32. The molecule has 3 aromatic rings. The predicted molar refractivity (Wildman–Crippen MR) is 131 cm³/mol. The summed E-state index contributed by atoms with van der Waals surface area (Å²) in [6, 6.07) is 18.7. The Balaban J connectivity index is 1.81. The number of halogens is 1. The van der Waals surface area contributed by atoms with E-state index in [1.165, 1.54) is 32.2 Å². The van der Waals surface area contributed by atoms with Gasteiger partial charge in [-0.25, -0.2) is 13.2 Å². The molecule has 0 aliphatic rings. The van der Waals surface area contributed by atoms with E-state index in [2.05, 4.69) is 10.1 Å². The maximum Gasteiger partial charge on any atom is 0.339 e. The van der Waals surface area contributed by atoms with Crippen molar-refractivity contribution in [1.29, 1.82) is 0 Å². The van der Waals surface area contributed by atoms with Crippen molar-refractivity contribution in [2.75, 3.05) is 23.0 Å². The van der Waals surface area contributed by atoms with Gasteiger partial charge in [0.1, 0.15) is 17.5 Å². The highest BCUT2D eigenvalue weighted by Gasteiger charge is 2.29. The summed E-state index contributed by atoms with van der Waals surface area (Å²) in [5, 5.41) is 2.78. The van der Waals surface area contributed by atoms with E-state index in [9.17, 15) is 18.0 Å². The van der Waals surface area contributed by atoms with Crippen LogP contribution in [0.25, 0.3) is 0 Å². The van der Waals surface area contributed by atoms with E-state index in [4.69, 9.17) is 16.3 Å². The maximum atomic E-state index is 12.9. The quantitative estimate of drug-likeness (QED) is 0.447. The highest BCUT2D eigenvalue weighted by molar-refractivity contribution is 7.92. The number of benzene rings is 3. The molecule has 0 aliphatic heterocycles. The summed E-state index contributed by atoms with van der Waals surface area (Å²) in [6.07, 6.45) is 1.02. The van der Waals surface area contributed by atoms with Crippen molar-refractivity contribution in [3.8, 4) is 11.5 Å². The van der Waals surface area contributed by atoms with Gasteiger partial charge in [-0.05, 0) is 61.5 Å². The lowest BCUT2D eigenvalue weighted by Crippen LogP contribution is -2.45. The van der Waals surface area contributed by atoms with Crippen molar-refractivity contribution in [2.24, 2.45) is 0 Å². The van der Waals surface area contributed by atoms with E-state index >= 15 is 0 Å². The zero-order valence-corrected chi connectivity index (χ0v) is 20.3. The zero-order valence-electron chi connectivity index (χ0n) is 18.7. The van der Waals surface area contributed by atoms with Gasteiger partial charge in [0.25, 0.3) is 0 Å². The number of methoxy groups -OCH3 is 1. The molecule has 3 rings (SSSR count). The normalized spacial score (nSPS) is 11.9. The molecule has 10 heteroatoms. The molecule has 34 heavy (non-hydrogen) atoms. The first-order valence-corrected chi connectivity index (χ1v) is 12.3. The Morgan fingerprint density at radius 1 is 0.971 bits per heavy atom. The van der Waals surface area contributed by atoms with Crippen molar-refractivity contribution in [1.82, 2.24) is 0 Å². The average Bonchev–Trinajstić information content (AvgIpc) is 2.80. The summed E-state index contributed by atoms with van der Waals surface area (Å²) in [5.74, 6) is -0.118. The van der Waals surface area contributed by atoms with Gasteiger partial charge in [0, 0.05) is 5.69 Å². The van der Waals surface area contributed by atoms with Crippen molar-refractivity contribution >= 4 is 44.9 Å². The Hall–Kier alpha value is -3.56. The number of carbonyl (C=O) groups excluding carboxylic acids is 2. The van der Waals surface area contributed by atoms with E-state index < -0.39 is 27.9 Å². The monoisotopic (exact) mass is 502 g/mol. The van der Waals surface area contributed by atoms with Crippen LogP contribution in [0.5, 0.6) is 11.5 Å². The Morgan fingerprint density at radius 3 is 2.18 bits per heavy atom. The molecule has 0 saturated heterocycles. The van der Waals surface area contributed by atoms with Crippen molar-refractivity contribution in [3.63, 3.8) is 0 Å². The largest absolute Gasteiger partial charge is 0.465 e. The van der Waals surface area contributed by atoms with Crippen LogP contribution in [0.1, 0.15) is 17.3 Å². The Morgan fingerprint density at radius 2 is 1.59 bits per heavy atom. The minimum absolute atomic E-state index is 0.0728. The number of hydrogen-bond acceptors (Lipinski definition) is 6. The molecule has 3 aromatic carbocycles. The number of sulfonamides is 1. The van der Waals surface area contributed by atoms with Gasteiger partial charge >= 0.3 is 5.97 Å². The first-order chi connectivity index (χ1) is 16.1. The number of ether oxygens (including phenoxy) is 2. The topological polar surface area (TPSA) is 102 Å². The van der Waals surface area contributed by atoms with Gasteiger partial charge in [0.15, 0.2) is 0 Å². The van der Waals surface area contributed by atoms with E-state index in [0.29, 0.717) is 11.5 Å². The third-order valence-corrected chi connectivity index (χ3v) is 6.37. The number of anilines is 2. The summed E-state index contributed by atoms with van der Waals surface area (Å²) >= 11 is 6.01. The Kier molecular flexibility index (Phi) is 7.80. The number of nitrogens with zero attached hydrogens (tertiary/aromatic N) is 1. The second-order valence-corrected chi connectivity index (χ2v) is 9.59. The third kappa shape index (κ3) is 6.06. The molecule has 0 heterocycles. The Labute approximate surface area is 203 Å². The zero-order chi connectivity index (χ0) is 24.9. The van der Waals surface area contributed by atoms with E-state index in [0.717, 1.165) is 10.6 Å². The van der Waals surface area contributed by atoms with E-state index in [1.807, 2.05) is 18.2 Å². The van der Waals surface area contributed by atoms with Crippen LogP contribution in [-0.2, 0) is 19.6 Å². The van der Waals surface area contributed by atoms with Crippen LogP contribution in [0, 0.1) is 0 Å². The Bertz CT molecular complexity index is 1280. The standard InChI is InChI=1S/C24H23ClN2O6S/c1-16(23(28)26-17-9-14-22(25)21(15-17)24(29)32-2)27(34(3,30)31)18-10-12-20(13-11-18)33-19-7-5-4-6-8-19/h4-16H,1-3H3,(H,26,28)/t16-/m1/s1. The molecule has 178 valence electrons. The molecule has 0 fully saturated rings. The van der Waals surface area contributed by atoms with Crippen LogP contribution >= 0.6 is 11.6 Å². The lowest BCUT2D eigenvalue weighted by molar-refractivity contribution is -0.116. The number of rotatable bonds is 8. The lowest BCUT2D eigenvalue weighted by atomic mass is 10.2. The highest BCUT2D eigenvalue weighted by atomic mass is 35.5. The second kappa shape index (κ2) is 10.6. The molecule has 0 spiro atoms. The first kappa shape index (κ1) is 25.1. The summed E-state index contributed by atoms with van der Waals surface area (Å²) in [7, 11) is -2.61. The van der Waals surface area contributed by atoms with Gasteiger partial charge in [-0.3, -0.25) is 9.10 Å². The summed E-state index contributed by atoms with van der Waals surface area (Å²) in [4.78, 5) is 24.8. The molecule has 1 amide bonds. The number of hydrogen-bond donors (Lipinski definition) is 1. The fraction of sp³-hybridized carbons (Fsp3) is 0.167. The van der Waals surface area contributed by atoms with Crippen LogP contribution in [0.2, 0.25) is 5.02 Å². The van der Waals surface area contributed by atoms with E-state index in [-0.39, 0.29) is 22.0 Å². The van der Waals surface area contributed by atoms with E-state index in [1.54, 1.807) is 36.4 Å². The van der Waals surface area contributed by atoms with Gasteiger partial charge in [0.05, 0.1) is 29.6 Å². The van der Waals surface area contributed by atoms with Crippen LogP contribution in [0.15, 0.2) is 72.8 Å². The smallest absolute Gasteiger partial charge is 0.339 e. The maximum absolute atomic E-state index is 12.9. The SMILES string of the molecule is COC(=O)c1cc(NC(=O)[C@@H](C)N(c2ccc(Oc3ccccc3)cc2)S(C)(=O)=O)ccc1Cl. The van der Waals surface area contributed by atoms with Gasteiger partial charge in [-0.2, -0.15) is 0 Å². The average molecular weight is 503 g/mol. The highest BCUT2D eigenvalue weighted by Crippen LogP contribution is 2.28. The number of nitrogens with one attached hydrogen (secondary N) is 1. The molecule has 8 nitrogen and oxygen atoms in total. The minimum Gasteiger partial charge on any atom is -0.465 e. The molecular weight excluding hydrogens is 480 g/mol. The molecule has 0 bridgehead atoms. The van der Waals surface area contributed by atoms with Crippen LogP contribution < -0.4 is 14.4 Å². The molecule has 1 N–H and O–H groups in total. The van der Waals surface area contributed by atoms with Gasteiger partial charge in [-0.15, -0.1) is 0 Å². The van der Waals surface area contributed by atoms with Crippen molar-refractivity contribution < 1.29 is 27.5 Å². The third-order valence-electron chi connectivity index (χ3n) is 4.80. The molecule has 0 aliphatic carbocycles. The molecular formula is C24H23ClN2O6S. The lowest BCUT2D eigenvalue weighted by Gasteiger charge is -2.28. The summed E-state index contributed by atoms with van der Waals surface area (Å²) in [5.41, 5.74) is 0.627. The molecule has 1 atom stereocenters. The number of carbonyl (C=O) groups is 2. The fourth-order valence-electron chi connectivity index (χ4n) is 3.21. The van der Waals surface area contributed by atoms with Crippen molar-refractivity contribution in [2.45, 2.75) is 13.0 Å². The van der Waals surface area contributed by atoms with Gasteiger partial charge in [0.2, 0.25) is 15.9 Å². The van der Waals surface area contributed by atoms with Gasteiger partial charge in [-0.1, -0.05) is 29.8 Å². The minimum atomic E-state index is -3.82. The number of amides is 1. The summed E-state index contributed by atoms with van der Waals surface area (Å²) in [6.45, 7) is 1.46. The van der Waals surface area contributed by atoms with Crippen LogP contribution in [-0.4, -0.2) is 39.7 Å².